The molecule has 2 heterocycles. The summed E-state index contributed by atoms with van der Waals surface area (Å²) in [5.74, 6) is 1.94. The van der Waals surface area contributed by atoms with Gasteiger partial charge in [-0.3, -0.25) is 0 Å². The van der Waals surface area contributed by atoms with Crippen molar-refractivity contribution in [2.75, 3.05) is 11.9 Å². The zero-order valence-electron chi connectivity index (χ0n) is 10.2. The zero-order valence-corrected chi connectivity index (χ0v) is 11.8. The van der Waals surface area contributed by atoms with Gasteiger partial charge in [-0.05, 0) is 35.2 Å². The summed E-state index contributed by atoms with van der Waals surface area (Å²) < 4.78 is 0. The Labute approximate surface area is 120 Å². The number of nitrogens with one attached hydrogen (secondary N) is 1. The third-order valence-electron chi connectivity index (χ3n) is 3.06. The minimum absolute atomic E-state index is 0.411. The van der Waals surface area contributed by atoms with Crippen LogP contribution < -0.4 is 5.32 Å². The molecule has 1 unspecified atom stereocenters. The zero-order chi connectivity index (χ0) is 13.2. The Morgan fingerprint density at radius 3 is 3.00 bits per heavy atom. The van der Waals surface area contributed by atoms with Crippen LogP contribution in [0.2, 0.25) is 5.15 Å². The molecule has 2 aromatic rings. The fourth-order valence-electron chi connectivity index (χ4n) is 1.83. The number of halogens is 1. The van der Waals surface area contributed by atoms with Crippen LogP contribution >= 0.6 is 22.9 Å². The van der Waals surface area contributed by atoms with Crippen molar-refractivity contribution >= 4 is 28.8 Å². The molecule has 1 aliphatic carbocycles. The molecule has 0 saturated heterocycles. The number of aromatic nitrogens is 2. The maximum atomic E-state index is 10.00. The molecule has 2 aromatic heterocycles. The van der Waals surface area contributed by atoms with Crippen molar-refractivity contribution in [2.24, 2.45) is 0 Å². The Kier molecular flexibility index (Phi) is 3.68. The fraction of sp³-hybridized carbons (Fsp3) is 0.385. The van der Waals surface area contributed by atoms with Gasteiger partial charge in [-0.2, -0.15) is 11.3 Å². The van der Waals surface area contributed by atoms with Crippen molar-refractivity contribution in [1.82, 2.24) is 9.97 Å². The van der Waals surface area contributed by atoms with E-state index in [9.17, 15) is 5.11 Å². The lowest BCUT2D eigenvalue weighted by molar-refractivity contribution is 0.192. The molecule has 1 atom stereocenters. The number of aliphatic hydroxyl groups excluding tert-OH is 1. The lowest BCUT2D eigenvalue weighted by Gasteiger charge is -2.11. The summed E-state index contributed by atoms with van der Waals surface area (Å²) in [6, 6.07) is 3.60. The summed E-state index contributed by atoms with van der Waals surface area (Å²) in [6.07, 6.45) is 1.73. The molecular formula is C13H14ClN3OS. The van der Waals surface area contributed by atoms with Crippen LogP contribution in [0.4, 0.5) is 5.82 Å². The Balaban J connectivity index is 1.66. The van der Waals surface area contributed by atoms with Crippen molar-refractivity contribution < 1.29 is 5.11 Å². The molecular weight excluding hydrogens is 282 g/mol. The van der Waals surface area contributed by atoms with Crippen LogP contribution in [0.15, 0.2) is 22.9 Å². The Bertz CT molecular complexity index is 557. The summed E-state index contributed by atoms with van der Waals surface area (Å²) in [7, 11) is 0. The van der Waals surface area contributed by atoms with E-state index in [4.69, 9.17) is 11.6 Å². The first-order valence-electron chi connectivity index (χ1n) is 6.21. The van der Waals surface area contributed by atoms with Crippen LogP contribution in [0.5, 0.6) is 0 Å². The normalized spacial score (nSPS) is 16.3. The highest BCUT2D eigenvalue weighted by Crippen LogP contribution is 2.38. The molecule has 2 N–H and O–H groups in total. The van der Waals surface area contributed by atoms with Crippen LogP contribution in [0.1, 0.15) is 36.3 Å². The van der Waals surface area contributed by atoms with Crippen molar-refractivity contribution in [1.29, 1.82) is 0 Å². The summed E-state index contributed by atoms with van der Waals surface area (Å²) >= 11 is 7.56. The molecule has 1 aliphatic rings. The van der Waals surface area contributed by atoms with Crippen LogP contribution in [-0.4, -0.2) is 21.6 Å². The molecule has 19 heavy (non-hydrogen) atoms. The lowest BCUT2D eigenvalue weighted by Crippen LogP contribution is -2.13. The Hall–Kier alpha value is -1.17. The fourth-order valence-corrected chi connectivity index (χ4v) is 2.73. The second-order valence-electron chi connectivity index (χ2n) is 4.66. The van der Waals surface area contributed by atoms with Gasteiger partial charge in [-0.15, -0.1) is 0 Å². The monoisotopic (exact) mass is 295 g/mol. The number of rotatable bonds is 5. The van der Waals surface area contributed by atoms with Crippen molar-refractivity contribution in [3.63, 3.8) is 0 Å². The van der Waals surface area contributed by atoms with E-state index in [0.29, 0.717) is 23.4 Å². The van der Waals surface area contributed by atoms with Gasteiger partial charge in [-0.1, -0.05) is 11.6 Å². The van der Waals surface area contributed by atoms with E-state index in [0.717, 1.165) is 24.2 Å². The number of thiophene rings is 1. The quantitative estimate of drug-likeness (QED) is 0.832. The standard InChI is InChI=1S/C13H14ClN3OS/c14-11-5-12(17-13(16-11)8-1-2-8)15-6-10(18)9-3-4-19-7-9/h3-5,7-8,10,18H,1-2,6H2,(H,15,16,17). The molecule has 0 bridgehead atoms. The predicted octanol–water partition coefficient (Wildman–Crippen LogP) is 3.21. The Morgan fingerprint density at radius 1 is 1.47 bits per heavy atom. The van der Waals surface area contributed by atoms with Gasteiger partial charge in [0.15, 0.2) is 0 Å². The second kappa shape index (κ2) is 5.45. The molecule has 0 aromatic carbocycles. The van der Waals surface area contributed by atoms with Crippen molar-refractivity contribution in [2.45, 2.75) is 24.9 Å². The van der Waals surface area contributed by atoms with E-state index in [1.165, 1.54) is 0 Å². The molecule has 0 aliphatic heterocycles. The van der Waals surface area contributed by atoms with Crippen LogP contribution in [0.25, 0.3) is 0 Å². The molecule has 3 rings (SSSR count). The first kappa shape index (κ1) is 12.8. The van der Waals surface area contributed by atoms with Gasteiger partial charge in [0.1, 0.15) is 16.8 Å². The average Bonchev–Trinajstić information content (AvgIpc) is 3.11. The predicted molar refractivity (Wildman–Crippen MR) is 76.8 cm³/mol. The van der Waals surface area contributed by atoms with Gasteiger partial charge >= 0.3 is 0 Å². The molecule has 0 spiro atoms. The van der Waals surface area contributed by atoms with E-state index in [2.05, 4.69) is 15.3 Å². The number of hydrogen-bond donors (Lipinski definition) is 2. The third-order valence-corrected chi connectivity index (χ3v) is 3.95. The minimum Gasteiger partial charge on any atom is -0.387 e. The van der Waals surface area contributed by atoms with Crippen LogP contribution in [-0.2, 0) is 0 Å². The highest BCUT2D eigenvalue weighted by atomic mass is 35.5. The third kappa shape index (κ3) is 3.23. The molecule has 1 saturated carbocycles. The van der Waals surface area contributed by atoms with E-state index in [1.54, 1.807) is 17.4 Å². The number of anilines is 1. The first-order valence-corrected chi connectivity index (χ1v) is 7.53. The molecule has 0 amide bonds. The van der Waals surface area contributed by atoms with Crippen LogP contribution in [0, 0.1) is 0 Å². The van der Waals surface area contributed by atoms with Crippen LogP contribution in [0.3, 0.4) is 0 Å². The summed E-state index contributed by atoms with van der Waals surface area (Å²) in [5, 5.41) is 17.5. The highest BCUT2D eigenvalue weighted by molar-refractivity contribution is 7.07. The number of nitrogens with zero attached hydrogens (tertiary/aromatic N) is 2. The van der Waals surface area contributed by atoms with Gasteiger partial charge in [0.25, 0.3) is 0 Å². The number of hydrogen-bond acceptors (Lipinski definition) is 5. The average molecular weight is 296 g/mol. The van der Waals surface area contributed by atoms with Gasteiger partial charge in [0.2, 0.25) is 0 Å². The number of aliphatic hydroxyl groups is 1. The van der Waals surface area contributed by atoms with E-state index in [1.807, 2.05) is 16.8 Å². The molecule has 100 valence electrons. The smallest absolute Gasteiger partial charge is 0.135 e. The molecule has 6 heteroatoms. The minimum atomic E-state index is -0.538. The van der Waals surface area contributed by atoms with E-state index >= 15 is 0 Å². The second-order valence-corrected chi connectivity index (χ2v) is 5.83. The highest BCUT2D eigenvalue weighted by Gasteiger charge is 2.27. The van der Waals surface area contributed by atoms with Gasteiger partial charge in [0, 0.05) is 18.5 Å². The maximum Gasteiger partial charge on any atom is 0.135 e. The topological polar surface area (TPSA) is 58.0 Å². The Morgan fingerprint density at radius 2 is 2.32 bits per heavy atom. The van der Waals surface area contributed by atoms with Crippen molar-refractivity contribution in [3.8, 4) is 0 Å². The van der Waals surface area contributed by atoms with Crippen molar-refractivity contribution in [3.05, 3.63) is 39.4 Å². The SMILES string of the molecule is OC(CNc1cc(Cl)nc(C2CC2)n1)c1ccsc1. The summed E-state index contributed by atoms with van der Waals surface area (Å²) in [6.45, 7) is 0.411. The largest absolute Gasteiger partial charge is 0.387 e. The summed E-state index contributed by atoms with van der Waals surface area (Å²) in [4.78, 5) is 8.66. The summed E-state index contributed by atoms with van der Waals surface area (Å²) in [5.41, 5.74) is 0.917. The molecule has 1 fully saturated rings. The van der Waals surface area contributed by atoms with E-state index in [-0.39, 0.29) is 0 Å². The van der Waals surface area contributed by atoms with Gasteiger partial charge in [0.05, 0.1) is 6.10 Å². The maximum absolute atomic E-state index is 10.00. The molecule has 4 nitrogen and oxygen atoms in total. The van der Waals surface area contributed by atoms with Gasteiger partial charge < -0.3 is 10.4 Å². The first-order chi connectivity index (χ1) is 9.22. The van der Waals surface area contributed by atoms with Gasteiger partial charge in [-0.25, -0.2) is 9.97 Å². The van der Waals surface area contributed by atoms with E-state index < -0.39 is 6.10 Å². The lowest BCUT2D eigenvalue weighted by atomic mass is 10.2. The molecule has 0 radical (unpaired) electrons.